The fraction of sp³-hybridized carbons (Fsp3) is 0.619. The van der Waals surface area contributed by atoms with Crippen LogP contribution in [0.1, 0.15) is 49.7 Å². The molecule has 0 spiro atoms. The van der Waals surface area contributed by atoms with Crippen LogP contribution in [0.5, 0.6) is 0 Å². The van der Waals surface area contributed by atoms with Gasteiger partial charge in [0.25, 0.3) is 0 Å². The lowest BCUT2D eigenvalue weighted by Crippen LogP contribution is -2.54. The van der Waals surface area contributed by atoms with Crippen LogP contribution in [0.15, 0.2) is 24.3 Å². The Morgan fingerprint density at radius 1 is 1.00 bits per heavy atom. The average Bonchev–Trinajstić information content (AvgIpc) is 2.63. The Labute approximate surface area is 161 Å². The van der Waals surface area contributed by atoms with E-state index in [0.29, 0.717) is 23.3 Å². The summed E-state index contributed by atoms with van der Waals surface area (Å²) < 4.78 is 42.7. The van der Waals surface area contributed by atoms with Gasteiger partial charge in [0.1, 0.15) is 13.2 Å². The minimum absolute atomic E-state index is 0.0434. The van der Waals surface area contributed by atoms with E-state index in [4.69, 9.17) is 4.74 Å². The molecule has 152 valence electrons. The number of carbonyl (C=O) groups is 2. The van der Waals surface area contributed by atoms with Gasteiger partial charge >= 0.3 is 12.1 Å². The first kappa shape index (κ1) is 19.3. The second-order valence-electron chi connectivity index (χ2n) is 8.74. The zero-order valence-electron chi connectivity index (χ0n) is 15.6. The van der Waals surface area contributed by atoms with Gasteiger partial charge in [-0.05, 0) is 74.0 Å². The summed E-state index contributed by atoms with van der Waals surface area (Å²) in [6, 6.07) is 4.48. The summed E-state index contributed by atoms with van der Waals surface area (Å²) in [4.78, 5) is 24.7. The lowest BCUT2D eigenvalue weighted by molar-refractivity contribution is -0.151. The molecule has 4 bridgehead atoms. The van der Waals surface area contributed by atoms with Crippen molar-refractivity contribution in [3.63, 3.8) is 0 Å². The maximum Gasteiger partial charge on any atom is 0.416 e. The Balaban J connectivity index is 1.25. The Hall–Kier alpha value is -2.05. The third kappa shape index (κ3) is 3.89. The summed E-state index contributed by atoms with van der Waals surface area (Å²) in [5.74, 6) is 1.30. The van der Waals surface area contributed by atoms with Crippen LogP contribution in [0.25, 0.3) is 0 Å². The monoisotopic (exact) mass is 395 g/mol. The molecule has 5 rings (SSSR count). The minimum atomic E-state index is -4.39. The van der Waals surface area contributed by atoms with Crippen molar-refractivity contribution >= 4 is 11.9 Å². The quantitative estimate of drug-likeness (QED) is 0.765. The van der Waals surface area contributed by atoms with E-state index in [9.17, 15) is 22.8 Å². The summed E-state index contributed by atoms with van der Waals surface area (Å²) in [6.07, 6.45) is 2.09. The third-order valence-electron chi connectivity index (χ3n) is 6.59. The van der Waals surface area contributed by atoms with Crippen LogP contribution >= 0.6 is 0 Å². The van der Waals surface area contributed by atoms with Gasteiger partial charge in [-0.2, -0.15) is 13.2 Å². The van der Waals surface area contributed by atoms with E-state index >= 15 is 0 Å². The highest BCUT2D eigenvalue weighted by Crippen LogP contribution is 2.60. The van der Waals surface area contributed by atoms with E-state index in [1.54, 1.807) is 0 Å². The van der Waals surface area contributed by atoms with Gasteiger partial charge in [-0.15, -0.1) is 0 Å². The highest BCUT2D eigenvalue weighted by molar-refractivity contribution is 5.86. The van der Waals surface area contributed by atoms with Gasteiger partial charge in [0.2, 0.25) is 5.91 Å². The van der Waals surface area contributed by atoms with Crippen molar-refractivity contribution in [2.75, 3.05) is 6.54 Å². The largest absolute Gasteiger partial charge is 0.460 e. The number of hydrogen-bond acceptors (Lipinski definition) is 3. The summed E-state index contributed by atoms with van der Waals surface area (Å²) in [5.41, 5.74) is -0.596. The molecule has 4 aliphatic rings. The van der Waals surface area contributed by atoms with Crippen LogP contribution in [0.3, 0.4) is 0 Å². The molecule has 4 aliphatic carbocycles. The first-order valence-electron chi connectivity index (χ1n) is 9.83. The molecule has 1 aromatic carbocycles. The van der Waals surface area contributed by atoms with Crippen molar-refractivity contribution in [1.29, 1.82) is 0 Å². The number of amides is 1. The maximum atomic E-state index is 12.8. The third-order valence-corrected chi connectivity index (χ3v) is 6.59. The van der Waals surface area contributed by atoms with Crippen LogP contribution in [-0.4, -0.2) is 18.4 Å². The molecular weight excluding hydrogens is 371 g/mol. The molecule has 0 aliphatic heterocycles. The van der Waals surface area contributed by atoms with Crippen LogP contribution in [-0.2, 0) is 27.1 Å². The summed E-state index contributed by atoms with van der Waals surface area (Å²) in [6.45, 7) is -0.328. The number of halogens is 3. The fourth-order valence-electron chi connectivity index (χ4n) is 5.73. The van der Waals surface area contributed by atoms with Crippen molar-refractivity contribution in [3.8, 4) is 0 Å². The van der Waals surface area contributed by atoms with Gasteiger partial charge in [0, 0.05) is 5.41 Å². The van der Waals surface area contributed by atoms with Gasteiger partial charge in [-0.25, -0.2) is 0 Å². The van der Waals surface area contributed by atoms with Crippen LogP contribution < -0.4 is 5.32 Å². The summed E-state index contributed by atoms with van der Waals surface area (Å²) in [5, 5.41) is 2.74. The van der Waals surface area contributed by atoms with Gasteiger partial charge in [-0.3, -0.25) is 9.59 Å². The maximum absolute atomic E-state index is 12.8. The Morgan fingerprint density at radius 2 is 1.54 bits per heavy atom. The average molecular weight is 395 g/mol. The topological polar surface area (TPSA) is 55.4 Å². The van der Waals surface area contributed by atoms with E-state index in [-0.39, 0.29) is 24.5 Å². The number of rotatable bonds is 5. The smallest absolute Gasteiger partial charge is 0.416 e. The first-order chi connectivity index (χ1) is 13.2. The van der Waals surface area contributed by atoms with E-state index in [0.717, 1.165) is 31.4 Å². The predicted molar refractivity (Wildman–Crippen MR) is 94.9 cm³/mol. The number of benzene rings is 1. The highest BCUT2D eigenvalue weighted by atomic mass is 19.4. The van der Waals surface area contributed by atoms with E-state index in [2.05, 4.69) is 5.32 Å². The van der Waals surface area contributed by atoms with Gasteiger partial charge in [0.15, 0.2) is 0 Å². The fourth-order valence-corrected chi connectivity index (χ4v) is 5.73. The Morgan fingerprint density at radius 3 is 2.04 bits per heavy atom. The summed E-state index contributed by atoms with van der Waals surface area (Å²) >= 11 is 0. The van der Waals surface area contributed by atoms with Crippen LogP contribution in [0.2, 0.25) is 0 Å². The molecule has 1 amide bonds. The van der Waals surface area contributed by atoms with Crippen LogP contribution in [0.4, 0.5) is 13.2 Å². The minimum Gasteiger partial charge on any atom is -0.460 e. The molecule has 1 N–H and O–H groups in total. The molecule has 0 heterocycles. The normalized spacial score (nSPS) is 30.9. The van der Waals surface area contributed by atoms with Crippen molar-refractivity contribution in [2.45, 2.75) is 51.3 Å². The lowest BCUT2D eigenvalue weighted by Gasteiger charge is -2.55. The Bertz CT molecular complexity index is 722. The van der Waals surface area contributed by atoms with Crippen molar-refractivity contribution < 1.29 is 27.5 Å². The molecule has 0 unspecified atom stereocenters. The molecular formula is C21H24F3NO3. The summed E-state index contributed by atoms with van der Waals surface area (Å²) in [7, 11) is 0. The standard InChI is InChI=1S/C21H24F3NO3/c22-21(23,24)17-3-1-13(2-4-17)12-28-18(26)11-25-19(27)20-8-14-5-15(9-20)7-16(6-14)10-20/h1-4,14-16H,5-12H2,(H,25,27). The number of hydrogen-bond donors (Lipinski definition) is 1. The van der Waals surface area contributed by atoms with Gasteiger partial charge in [0.05, 0.1) is 5.56 Å². The van der Waals surface area contributed by atoms with Gasteiger partial charge < -0.3 is 10.1 Å². The molecule has 0 atom stereocenters. The molecule has 4 fully saturated rings. The van der Waals surface area contributed by atoms with Crippen molar-refractivity contribution in [3.05, 3.63) is 35.4 Å². The highest BCUT2D eigenvalue weighted by Gasteiger charge is 2.54. The number of carbonyl (C=O) groups excluding carboxylic acids is 2. The molecule has 0 aromatic heterocycles. The SMILES string of the molecule is O=C(CNC(=O)C12CC3CC(CC(C3)C1)C2)OCc1ccc(C(F)(F)F)cc1. The lowest BCUT2D eigenvalue weighted by atomic mass is 9.49. The predicted octanol–water partition coefficient (Wildman–Crippen LogP) is 4.08. The number of nitrogens with one attached hydrogen (secondary N) is 1. The van der Waals surface area contributed by atoms with E-state index in [1.165, 1.54) is 31.4 Å². The van der Waals surface area contributed by atoms with Crippen molar-refractivity contribution in [2.24, 2.45) is 23.2 Å². The Kier molecular flexibility index (Phi) is 4.88. The molecule has 4 saturated carbocycles. The van der Waals surface area contributed by atoms with E-state index in [1.807, 2.05) is 0 Å². The number of esters is 1. The molecule has 0 radical (unpaired) electrons. The second kappa shape index (κ2) is 7.08. The molecule has 1 aromatic rings. The zero-order valence-corrected chi connectivity index (χ0v) is 15.6. The molecule has 4 nitrogen and oxygen atoms in total. The first-order valence-corrected chi connectivity index (χ1v) is 9.83. The van der Waals surface area contributed by atoms with Crippen LogP contribution in [0, 0.1) is 23.2 Å². The number of ether oxygens (including phenoxy) is 1. The molecule has 0 saturated heterocycles. The molecule has 7 heteroatoms. The van der Waals surface area contributed by atoms with Crippen molar-refractivity contribution in [1.82, 2.24) is 5.32 Å². The molecule has 28 heavy (non-hydrogen) atoms. The number of alkyl halides is 3. The van der Waals surface area contributed by atoms with E-state index < -0.39 is 17.7 Å². The zero-order chi connectivity index (χ0) is 19.9. The second-order valence-corrected chi connectivity index (χ2v) is 8.74. The van der Waals surface area contributed by atoms with Gasteiger partial charge in [-0.1, -0.05) is 12.1 Å².